The van der Waals surface area contributed by atoms with Crippen molar-refractivity contribution in [3.05, 3.63) is 35.6 Å². The van der Waals surface area contributed by atoms with Crippen LogP contribution < -0.4 is 0 Å². The quantitative estimate of drug-likeness (QED) is 0.550. The largest absolute Gasteiger partial charge is 0.487 e. The first-order valence-electron chi connectivity index (χ1n) is 3.57. The first kappa shape index (κ1) is 11.8. The fourth-order valence-electron chi connectivity index (χ4n) is 0.489. The molecular formula is C9H11ClO3. The van der Waals surface area contributed by atoms with Crippen LogP contribution in [0.4, 0.5) is 0 Å². The summed E-state index contributed by atoms with van der Waals surface area (Å²) < 4.78 is 4.82. The van der Waals surface area contributed by atoms with Crippen molar-refractivity contribution >= 4 is 17.6 Å². The van der Waals surface area contributed by atoms with Gasteiger partial charge in [0, 0.05) is 5.03 Å². The Hall–Kier alpha value is -1.22. The minimum Gasteiger partial charge on any atom is -0.487 e. The maximum atomic E-state index is 10.1. The second-order valence-corrected chi connectivity index (χ2v) is 2.65. The van der Waals surface area contributed by atoms with E-state index < -0.39 is 5.97 Å². The Kier molecular flexibility index (Phi) is 5.72. The monoisotopic (exact) mass is 202 g/mol. The first-order valence-corrected chi connectivity index (χ1v) is 3.95. The lowest BCUT2D eigenvalue weighted by Crippen LogP contribution is -2.05. The van der Waals surface area contributed by atoms with Crippen LogP contribution in [0.25, 0.3) is 0 Å². The van der Waals surface area contributed by atoms with E-state index in [-0.39, 0.29) is 6.61 Å². The summed E-state index contributed by atoms with van der Waals surface area (Å²) in [7, 11) is 0. The highest BCUT2D eigenvalue weighted by molar-refractivity contribution is 6.31. The van der Waals surface area contributed by atoms with E-state index in [0.717, 1.165) is 0 Å². The van der Waals surface area contributed by atoms with Gasteiger partial charge in [0.05, 0.1) is 5.76 Å². The predicted octanol–water partition coefficient (Wildman–Crippen LogP) is 2.30. The van der Waals surface area contributed by atoms with Crippen LogP contribution >= 0.6 is 11.6 Å². The molecule has 13 heavy (non-hydrogen) atoms. The second kappa shape index (κ2) is 6.31. The van der Waals surface area contributed by atoms with Crippen LogP contribution in [0.5, 0.6) is 0 Å². The highest BCUT2D eigenvalue weighted by Crippen LogP contribution is 2.04. The summed E-state index contributed by atoms with van der Waals surface area (Å²) in [6.07, 6.45) is 4.63. The summed E-state index contributed by atoms with van der Waals surface area (Å²) in [6.45, 7) is 4.75. The Morgan fingerprint density at radius 3 is 2.69 bits per heavy atom. The molecule has 0 atom stereocenters. The molecule has 0 bridgehead atoms. The van der Waals surface area contributed by atoms with E-state index in [0.29, 0.717) is 10.8 Å². The molecule has 0 aliphatic heterocycles. The van der Waals surface area contributed by atoms with Crippen molar-refractivity contribution in [1.82, 2.24) is 0 Å². The van der Waals surface area contributed by atoms with Gasteiger partial charge in [0.25, 0.3) is 0 Å². The van der Waals surface area contributed by atoms with Gasteiger partial charge in [-0.05, 0) is 19.1 Å². The summed E-state index contributed by atoms with van der Waals surface area (Å²) in [5.74, 6) is -0.519. The van der Waals surface area contributed by atoms with Gasteiger partial charge in [0.2, 0.25) is 0 Å². The van der Waals surface area contributed by atoms with Gasteiger partial charge in [-0.25, -0.2) is 4.79 Å². The first-order chi connectivity index (χ1) is 6.06. The summed E-state index contributed by atoms with van der Waals surface area (Å²) in [6, 6.07) is 0. The average molecular weight is 203 g/mol. The standard InChI is InChI=1S/C9H11ClO3/c1-3-8(10)5-4-7(2)13-6-9(11)12/h3-5H,1,6H2,2H3,(H,11,12)/b7-4+,8-5+. The van der Waals surface area contributed by atoms with Gasteiger partial charge in [-0.3, -0.25) is 0 Å². The molecule has 0 saturated carbocycles. The number of ether oxygens (including phenoxy) is 1. The van der Waals surface area contributed by atoms with Crippen molar-refractivity contribution in [2.45, 2.75) is 6.92 Å². The minimum atomic E-state index is -1.01. The summed E-state index contributed by atoms with van der Waals surface area (Å²) in [4.78, 5) is 10.1. The zero-order valence-electron chi connectivity index (χ0n) is 7.29. The molecule has 0 fully saturated rings. The lowest BCUT2D eigenvalue weighted by molar-refractivity contribution is -0.140. The number of halogens is 1. The third-order valence-corrected chi connectivity index (χ3v) is 1.38. The van der Waals surface area contributed by atoms with Crippen molar-refractivity contribution in [2.75, 3.05) is 6.61 Å². The van der Waals surface area contributed by atoms with Gasteiger partial charge in [-0.2, -0.15) is 0 Å². The molecule has 0 aliphatic carbocycles. The van der Waals surface area contributed by atoms with Gasteiger partial charge in [0.15, 0.2) is 6.61 Å². The van der Waals surface area contributed by atoms with E-state index in [1.165, 1.54) is 6.08 Å². The third-order valence-electron chi connectivity index (χ3n) is 1.10. The number of hydrogen-bond donors (Lipinski definition) is 1. The molecule has 0 aromatic carbocycles. The number of carbonyl (C=O) groups is 1. The van der Waals surface area contributed by atoms with Crippen LogP contribution in [-0.2, 0) is 9.53 Å². The van der Waals surface area contributed by atoms with E-state index in [9.17, 15) is 4.79 Å². The molecule has 0 aromatic rings. The average Bonchev–Trinajstić information content (AvgIpc) is 2.10. The van der Waals surface area contributed by atoms with Crippen LogP contribution in [0.3, 0.4) is 0 Å². The van der Waals surface area contributed by atoms with Crippen LogP contribution in [0.1, 0.15) is 6.92 Å². The molecule has 3 nitrogen and oxygen atoms in total. The summed E-state index contributed by atoms with van der Waals surface area (Å²) in [5.41, 5.74) is 0. The number of hydrogen-bond acceptors (Lipinski definition) is 2. The maximum absolute atomic E-state index is 10.1. The number of carboxylic acid groups (broad SMARTS) is 1. The smallest absolute Gasteiger partial charge is 0.341 e. The highest BCUT2D eigenvalue weighted by atomic mass is 35.5. The minimum absolute atomic E-state index is 0.345. The Labute approximate surface area is 82.0 Å². The number of rotatable bonds is 5. The van der Waals surface area contributed by atoms with Gasteiger partial charge in [0.1, 0.15) is 0 Å². The molecule has 0 radical (unpaired) electrons. The van der Waals surface area contributed by atoms with Gasteiger partial charge in [-0.15, -0.1) is 0 Å². The molecule has 0 aromatic heterocycles. The van der Waals surface area contributed by atoms with Crippen molar-refractivity contribution in [3.63, 3.8) is 0 Å². The molecular weight excluding hydrogens is 192 g/mol. The SMILES string of the molecule is C=C/C(Cl)=C\C=C(/C)OCC(=O)O. The van der Waals surface area contributed by atoms with Crippen molar-refractivity contribution in [2.24, 2.45) is 0 Å². The van der Waals surface area contributed by atoms with Crippen LogP contribution in [0, 0.1) is 0 Å². The number of carboxylic acids is 1. The van der Waals surface area contributed by atoms with Crippen molar-refractivity contribution < 1.29 is 14.6 Å². The molecule has 4 heteroatoms. The van der Waals surface area contributed by atoms with E-state index in [1.54, 1.807) is 19.1 Å². The van der Waals surface area contributed by atoms with Crippen LogP contribution in [-0.4, -0.2) is 17.7 Å². The molecule has 0 saturated heterocycles. The van der Waals surface area contributed by atoms with E-state index in [2.05, 4.69) is 6.58 Å². The van der Waals surface area contributed by atoms with Crippen molar-refractivity contribution in [1.29, 1.82) is 0 Å². The van der Waals surface area contributed by atoms with Crippen LogP contribution in [0.2, 0.25) is 0 Å². The summed E-state index contributed by atoms with van der Waals surface area (Å²) >= 11 is 5.60. The van der Waals surface area contributed by atoms with Gasteiger partial charge < -0.3 is 9.84 Å². The molecule has 0 heterocycles. The molecule has 0 rings (SSSR count). The molecule has 0 spiro atoms. The Morgan fingerprint density at radius 1 is 1.62 bits per heavy atom. The normalized spacial score (nSPS) is 12.5. The zero-order valence-corrected chi connectivity index (χ0v) is 8.04. The molecule has 0 unspecified atom stereocenters. The third kappa shape index (κ3) is 7.15. The van der Waals surface area contributed by atoms with Gasteiger partial charge in [-0.1, -0.05) is 24.3 Å². The fraction of sp³-hybridized carbons (Fsp3) is 0.222. The Balaban J connectivity index is 4.02. The van der Waals surface area contributed by atoms with E-state index in [4.69, 9.17) is 21.4 Å². The van der Waals surface area contributed by atoms with Crippen LogP contribution in [0.15, 0.2) is 35.6 Å². The Morgan fingerprint density at radius 2 is 2.23 bits per heavy atom. The molecule has 0 aliphatic rings. The van der Waals surface area contributed by atoms with E-state index in [1.807, 2.05) is 0 Å². The topological polar surface area (TPSA) is 46.5 Å². The molecule has 0 amide bonds. The highest BCUT2D eigenvalue weighted by Gasteiger charge is 1.95. The van der Waals surface area contributed by atoms with E-state index >= 15 is 0 Å². The fourth-order valence-corrected chi connectivity index (χ4v) is 0.552. The molecule has 1 N–H and O–H groups in total. The lowest BCUT2D eigenvalue weighted by atomic mass is 10.4. The number of aliphatic carboxylic acids is 1. The Bertz CT molecular complexity index is 254. The second-order valence-electron chi connectivity index (χ2n) is 2.22. The zero-order chi connectivity index (χ0) is 10.3. The molecule has 72 valence electrons. The summed E-state index contributed by atoms with van der Waals surface area (Å²) in [5, 5.41) is 8.75. The number of allylic oxidation sites excluding steroid dienone is 5. The van der Waals surface area contributed by atoms with Crippen molar-refractivity contribution in [3.8, 4) is 0 Å². The lowest BCUT2D eigenvalue weighted by Gasteiger charge is -2.00. The maximum Gasteiger partial charge on any atom is 0.341 e. The predicted molar refractivity (Wildman–Crippen MR) is 51.5 cm³/mol. The van der Waals surface area contributed by atoms with Gasteiger partial charge >= 0.3 is 5.97 Å².